The van der Waals surface area contributed by atoms with Crippen molar-refractivity contribution >= 4 is 0 Å². The van der Waals surface area contributed by atoms with Crippen LogP contribution in [0, 0.1) is 11.3 Å². The minimum atomic E-state index is 0.404. The molecule has 0 atom stereocenters. The third-order valence-corrected chi connectivity index (χ3v) is 2.73. The highest BCUT2D eigenvalue weighted by Crippen LogP contribution is 2.28. The first kappa shape index (κ1) is 14.7. The SMILES string of the molecule is CCOc1cc(C#N)ccc1OCCOc1ccccc1. The van der Waals surface area contributed by atoms with Gasteiger partial charge in [0.15, 0.2) is 11.5 Å². The fourth-order valence-electron chi connectivity index (χ4n) is 1.79. The second-order valence-corrected chi connectivity index (χ2v) is 4.22. The number of rotatable bonds is 7. The number of para-hydroxylation sites is 1. The minimum absolute atomic E-state index is 0.404. The van der Waals surface area contributed by atoms with Gasteiger partial charge < -0.3 is 14.2 Å². The second kappa shape index (κ2) is 7.81. The molecule has 0 aliphatic rings. The summed E-state index contributed by atoms with van der Waals surface area (Å²) in [5.74, 6) is 2.01. The molecule has 0 amide bonds. The lowest BCUT2D eigenvalue weighted by atomic mass is 10.2. The lowest BCUT2D eigenvalue weighted by molar-refractivity contribution is 0.208. The second-order valence-electron chi connectivity index (χ2n) is 4.22. The minimum Gasteiger partial charge on any atom is -0.490 e. The predicted octanol–water partition coefficient (Wildman–Crippen LogP) is 3.41. The van der Waals surface area contributed by atoms with Crippen LogP contribution in [-0.2, 0) is 0 Å². The molecule has 0 heterocycles. The Balaban J connectivity index is 1.89. The van der Waals surface area contributed by atoms with Crippen LogP contribution in [-0.4, -0.2) is 19.8 Å². The number of hydrogen-bond acceptors (Lipinski definition) is 4. The third kappa shape index (κ3) is 4.43. The first-order valence-electron chi connectivity index (χ1n) is 6.81. The summed E-state index contributed by atoms with van der Waals surface area (Å²) < 4.78 is 16.7. The fourth-order valence-corrected chi connectivity index (χ4v) is 1.79. The van der Waals surface area contributed by atoms with Crippen molar-refractivity contribution in [3.8, 4) is 23.3 Å². The van der Waals surface area contributed by atoms with E-state index in [9.17, 15) is 0 Å². The van der Waals surface area contributed by atoms with Gasteiger partial charge in [0.25, 0.3) is 0 Å². The molecule has 0 saturated heterocycles. The molecular weight excluding hydrogens is 266 g/mol. The number of nitriles is 1. The van der Waals surface area contributed by atoms with Gasteiger partial charge in [-0.3, -0.25) is 0 Å². The Morgan fingerprint density at radius 2 is 1.67 bits per heavy atom. The van der Waals surface area contributed by atoms with Crippen molar-refractivity contribution in [1.29, 1.82) is 5.26 Å². The molecule has 4 nitrogen and oxygen atoms in total. The summed E-state index contributed by atoms with van der Waals surface area (Å²) in [6.45, 7) is 3.25. The molecule has 0 aliphatic carbocycles. The van der Waals surface area contributed by atoms with Crippen LogP contribution in [0.2, 0.25) is 0 Å². The van der Waals surface area contributed by atoms with E-state index in [4.69, 9.17) is 19.5 Å². The Kier molecular flexibility index (Phi) is 5.48. The number of benzene rings is 2. The Hall–Kier alpha value is -2.67. The summed E-state index contributed by atoms with van der Waals surface area (Å²) in [4.78, 5) is 0. The topological polar surface area (TPSA) is 51.5 Å². The highest BCUT2D eigenvalue weighted by atomic mass is 16.5. The fraction of sp³-hybridized carbons (Fsp3) is 0.235. The van der Waals surface area contributed by atoms with Gasteiger partial charge in [-0.15, -0.1) is 0 Å². The van der Waals surface area contributed by atoms with Gasteiger partial charge in [0, 0.05) is 6.07 Å². The molecule has 0 radical (unpaired) electrons. The van der Waals surface area contributed by atoms with Gasteiger partial charge >= 0.3 is 0 Å². The first-order valence-corrected chi connectivity index (χ1v) is 6.81. The van der Waals surface area contributed by atoms with Crippen LogP contribution < -0.4 is 14.2 Å². The van der Waals surface area contributed by atoms with Crippen molar-refractivity contribution in [3.63, 3.8) is 0 Å². The van der Waals surface area contributed by atoms with Gasteiger partial charge in [0.1, 0.15) is 19.0 Å². The molecule has 0 fully saturated rings. The van der Waals surface area contributed by atoms with E-state index in [2.05, 4.69) is 6.07 Å². The molecule has 0 saturated carbocycles. The van der Waals surface area contributed by atoms with Crippen molar-refractivity contribution in [1.82, 2.24) is 0 Å². The first-order chi connectivity index (χ1) is 10.3. The zero-order valence-electron chi connectivity index (χ0n) is 11.9. The van der Waals surface area contributed by atoms with Gasteiger partial charge in [0.2, 0.25) is 0 Å². The van der Waals surface area contributed by atoms with Gasteiger partial charge in [-0.1, -0.05) is 18.2 Å². The van der Waals surface area contributed by atoms with Crippen molar-refractivity contribution in [3.05, 3.63) is 54.1 Å². The highest BCUT2D eigenvalue weighted by molar-refractivity contribution is 5.46. The molecule has 0 bridgehead atoms. The molecule has 108 valence electrons. The molecule has 2 rings (SSSR count). The van der Waals surface area contributed by atoms with E-state index in [0.717, 1.165) is 5.75 Å². The molecule has 0 unspecified atom stereocenters. The average molecular weight is 283 g/mol. The Labute approximate surface area is 124 Å². The summed E-state index contributed by atoms with van der Waals surface area (Å²) in [5, 5.41) is 8.89. The molecule has 0 N–H and O–H groups in total. The molecule has 21 heavy (non-hydrogen) atoms. The molecule has 0 spiro atoms. The van der Waals surface area contributed by atoms with Gasteiger partial charge in [-0.2, -0.15) is 5.26 Å². The summed E-state index contributed by atoms with van der Waals surface area (Å²) in [7, 11) is 0. The number of nitrogens with zero attached hydrogens (tertiary/aromatic N) is 1. The van der Waals surface area contributed by atoms with Gasteiger partial charge in [-0.05, 0) is 31.2 Å². The lowest BCUT2D eigenvalue weighted by Gasteiger charge is -2.12. The van der Waals surface area contributed by atoms with Gasteiger partial charge in [-0.25, -0.2) is 0 Å². The predicted molar refractivity (Wildman–Crippen MR) is 79.8 cm³/mol. The zero-order chi connectivity index (χ0) is 14.9. The van der Waals surface area contributed by atoms with Crippen molar-refractivity contribution in [2.75, 3.05) is 19.8 Å². The van der Waals surface area contributed by atoms with Crippen molar-refractivity contribution in [2.45, 2.75) is 6.92 Å². The van der Waals surface area contributed by atoms with Crippen LogP contribution >= 0.6 is 0 Å². The van der Waals surface area contributed by atoms with Crippen LogP contribution in [0.25, 0.3) is 0 Å². The Morgan fingerprint density at radius 1 is 0.905 bits per heavy atom. The van der Waals surface area contributed by atoms with E-state index in [1.54, 1.807) is 18.2 Å². The zero-order valence-corrected chi connectivity index (χ0v) is 11.9. The third-order valence-electron chi connectivity index (χ3n) is 2.73. The quantitative estimate of drug-likeness (QED) is 0.731. The van der Waals surface area contributed by atoms with Crippen molar-refractivity contribution < 1.29 is 14.2 Å². The summed E-state index contributed by atoms with van der Waals surface area (Å²) in [6, 6.07) is 16.8. The normalized spacial score (nSPS) is 9.71. The average Bonchev–Trinajstić information content (AvgIpc) is 2.54. The molecule has 0 aliphatic heterocycles. The Bertz CT molecular complexity index is 605. The molecule has 4 heteroatoms. The van der Waals surface area contributed by atoms with E-state index in [-0.39, 0.29) is 0 Å². The van der Waals surface area contributed by atoms with Crippen LogP contribution in [0.15, 0.2) is 48.5 Å². The summed E-state index contributed by atoms with van der Waals surface area (Å²) in [6.07, 6.45) is 0. The maximum Gasteiger partial charge on any atom is 0.162 e. The molecule has 2 aromatic rings. The number of hydrogen-bond donors (Lipinski definition) is 0. The molecule has 2 aromatic carbocycles. The molecule has 0 aromatic heterocycles. The van der Waals surface area contributed by atoms with E-state index in [0.29, 0.717) is 36.9 Å². The van der Waals surface area contributed by atoms with Gasteiger partial charge in [0.05, 0.1) is 18.2 Å². The maximum absolute atomic E-state index is 8.89. The van der Waals surface area contributed by atoms with Crippen LogP contribution in [0.5, 0.6) is 17.2 Å². The number of ether oxygens (including phenoxy) is 3. The van der Waals surface area contributed by atoms with E-state index in [1.807, 2.05) is 37.3 Å². The van der Waals surface area contributed by atoms with Crippen molar-refractivity contribution in [2.24, 2.45) is 0 Å². The monoisotopic (exact) mass is 283 g/mol. The largest absolute Gasteiger partial charge is 0.490 e. The van der Waals surface area contributed by atoms with E-state index < -0.39 is 0 Å². The van der Waals surface area contributed by atoms with E-state index in [1.165, 1.54) is 0 Å². The van der Waals surface area contributed by atoms with Crippen LogP contribution in [0.3, 0.4) is 0 Å². The summed E-state index contributed by atoms with van der Waals surface area (Å²) >= 11 is 0. The standard InChI is InChI=1S/C17H17NO3/c1-2-19-17-12-14(13-18)8-9-16(17)21-11-10-20-15-6-4-3-5-7-15/h3-9,12H,2,10-11H2,1H3. The van der Waals surface area contributed by atoms with E-state index >= 15 is 0 Å². The lowest BCUT2D eigenvalue weighted by Crippen LogP contribution is -2.09. The smallest absolute Gasteiger partial charge is 0.162 e. The highest BCUT2D eigenvalue weighted by Gasteiger charge is 2.06. The van der Waals surface area contributed by atoms with Crippen LogP contribution in [0.4, 0.5) is 0 Å². The summed E-state index contributed by atoms with van der Waals surface area (Å²) in [5.41, 5.74) is 0.548. The molecular formula is C17H17NO3. The maximum atomic E-state index is 8.89. The Morgan fingerprint density at radius 3 is 2.38 bits per heavy atom. The van der Waals surface area contributed by atoms with Crippen LogP contribution in [0.1, 0.15) is 12.5 Å².